The van der Waals surface area contributed by atoms with Crippen LogP contribution in [0.25, 0.3) is 0 Å². The van der Waals surface area contributed by atoms with E-state index in [0.29, 0.717) is 23.3 Å². The average molecular weight is 593 g/mol. The predicted octanol–water partition coefficient (Wildman–Crippen LogP) is 5.77. The number of sulfonamides is 1. The Labute approximate surface area is 235 Å². The molecule has 0 saturated carbocycles. The van der Waals surface area contributed by atoms with E-state index in [1.54, 1.807) is 0 Å². The number of nitrogens with one attached hydrogen (secondary N) is 2. The number of carbonyl (C=O) groups excluding carboxylic acids is 1. The first kappa shape index (κ1) is 30.7. The molecule has 1 aromatic carbocycles. The molecule has 2 heterocycles. The van der Waals surface area contributed by atoms with Gasteiger partial charge in [0.2, 0.25) is 10.9 Å². The average Bonchev–Trinajstić information content (AvgIpc) is 3.37. The van der Waals surface area contributed by atoms with Crippen LogP contribution in [0.2, 0.25) is 18.1 Å². The van der Waals surface area contributed by atoms with Gasteiger partial charge in [0, 0.05) is 17.9 Å². The van der Waals surface area contributed by atoms with Crippen LogP contribution in [0.5, 0.6) is 0 Å². The topological polar surface area (TPSA) is 133 Å². The van der Waals surface area contributed by atoms with Crippen LogP contribution < -0.4 is 10.0 Å². The van der Waals surface area contributed by atoms with Gasteiger partial charge in [-0.3, -0.25) is 4.72 Å². The van der Waals surface area contributed by atoms with Crippen molar-refractivity contribution in [3.05, 3.63) is 59.9 Å². The lowest BCUT2D eigenvalue weighted by atomic mass is 10.2. The quantitative estimate of drug-likeness (QED) is 0.116. The number of carbonyl (C=O) groups is 1. The maximum atomic E-state index is 13.0. The van der Waals surface area contributed by atoms with Crippen molar-refractivity contribution in [2.75, 3.05) is 23.8 Å². The van der Waals surface area contributed by atoms with Crippen molar-refractivity contribution in [3.63, 3.8) is 0 Å². The van der Waals surface area contributed by atoms with Gasteiger partial charge in [-0.15, -0.1) is 0 Å². The molecule has 1 unspecified atom stereocenters. The van der Waals surface area contributed by atoms with Crippen LogP contribution in [-0.2, 0) is 24.9 Å². The van der Waals surface area contributed by atoms with E-state index < -0.39 is 29.4 Å². The molecule has 0 saturated heterocycles. The monoisotopic (exact) mass is 592 g/mol. The van der Waals surface area contributed by atoms with Crippen LogP contribution in [0.3, 0.4) is 0 Å². The van der Waals surface area contributed by atoms with Crippen molar-refractivity contribution in [2.24, 2.45) is 0 Å². The summed E-state index contributed by atoms with van der Waals surface area (Å²) in [5, 5.41) is 3.33. The lowest BCUT2D eigenvalue weighted by Crippen LogP contribution is -2.43. The molecule has 10 nitrogen and oxygen atoms in total. The summed E-state index contributed by atoms with van der Waals surface area (Å²) in [5.41, 5.74) is 1.08. The summed E-state index contributed by atoms with van der Waals surface area (Å²) in [7, 11) is -4.95. The number of furan rings is 1. The Morgan fingerprint density at radius 3 is 2.41 bits per heavy atom. The van der Waals surface area contributed by atoms with E-state index in [1.165, 1.54) is 37.1 Å². The number of anilines is 2. The van der Waals surface area contributed by atoms with Crippen molar-refractivity contribution in [1.82, 2.24) is 9.97 Å². The maximum absolute atomic E-state index is 13.0. The highest BCUT2D eigenvalue weighted by Gasteiger charge is 2.37. The van der Waals surface area contributed by atoms with Gasteiger partial charge in [0.15, 0.2) is 13.5 Å². The second-order valence-electron chi connectivity index (χ2n) is 10.5. The molecule has 3 rings (SSSR count). The Kier molecular flexibility index (Phi) is 9.86. The molecule has 3 aromatic rings. The van der Waals surface area contributed by atoms with Crippen LogP contribution in [0, 0.1) is 0 Å². The zero-order chi connectivity index (χ0) is 28.8. The van der Waals surface area contributed by atoms with Gasteiger partial charge >= 0.3 is 5.97 Å². The summed E-state index contributed by atoms with van der Waals surface area (Å²) >= 11 is 1.38. The third kappa shape index (κ3) is 8.55. The van der Waals surface area contributed by atoms with Crippen LogP contribution in [-0.4, -0.2) is 52.4 Å². The number of aromatic nitrogens is 2. The number of methoxy groups -OCH3 is 1. The molecule has 0 aliphatic carbocycles. The van der Waals surface area contributed by atoms with Gasteiger partial charge in [-0.1, -0.05) is 62.9 Å². The molecule has 2 aromatic heterocycles. The van der Waals surface area contributed by atoms with Gasteiger partial charge < -0.3 is 18.9 Å². The lowest BCUT2D eigenvalue weighted by molar-refractivity contribution is 0.0559. The second kappa shape index (κ2) is 12.5. The van der Waals surface area contributed by atoms with Crippen molar-refractivity contribution in [3.8, 4) is 0 Å². The van der Waals surface area contributed by atoms with Crippen molar-refractivity contribution >= 4 is 47.7 Å². The number of esters is 1. The Morgan fingerprint density at radius 2 is 1.77 bits per heavy atom. The molecule has 0 spiro atoms. The van der Waals surface area contributed by atoms with Gasteiger partial charge in [-0.05, 0) is 42.8 Å². The normalized spacial score (nSPS) is 13.1. The fourth-order valence-corrected chi connectivity index (χ4v) is 5.89. The Morgan fingerprint density at radius 1 is 1.10 bits per heavy atom. The third-order valence-corrected chi connectivity index (χ3v) is 12.9. The number of rotatable bonds is 12. The van der Waals surface area contributed by atoms with Crippen LogP contribution in [0.4, 0.5) is 11.6 Å². The summed E-state index contributed by atoms with van der Waals surface area (Å²) < 4.78 is 44.5. The first-order valence-electron chi connectivity index (χ1n) is 12.4. The molecule has 13 heteroatoms. The van der Waals surface area contributed by atoms with Gasteiger partial charge in [0.1, 0.15) is 11.6 Å². The molecule has 1 atom stereocenters. The highest BCUT2D eigenvalue weighted by Crippen LogP contribution is 2.36. The highest BCUT2D eigenvalue weighted by atomic mass is 32.2. The summed E-state index contributed by atoms with van der Waals surface area (Å²) in [5.74, 6) is 0.0909. The molecular formula is C26H36N4O6S2Si. The van der Waals surface area contributed by atoms with Gasteiger partial charge in [-0.25, -0.2) is 14.8 Å². The second-order valence-corrected chi connectivity index (χ2v) is 17.9. The van der Waals surface area contributed by atoms with Gasteiger partial charge in [0.05, 0.1) is 13.7 Å². The molecule has 0 aliphatic heterocycles. The zero-order valence-corrected chi connectivity index (χ0v) is 25.9. The largest absolute Gasteiger partial charge is 0.463 e. The lowest BCUT2D eigenvalue weighted by Gasteiger charge is -2.37. The van der Waals surface area contributed by atoms with Crippen molar-refractivity contribution < 1.29 is 26.8 Å². The molecule has 2 N–H and O–H groups in total. The smallest absolute Gasteiger partial charge is 0.374 e. The van der Waals surface area contributed by atoms with E-state index in [2.05, 4.69) is 58.6 Å². The summed E-state index contributed by atoms with van der Waals surface area (Å²) in [6.07, 6.45) is 0. The first-order valence-corrected chi connectivity index (χ1v) is 17.7. The van der Waals surface area contributed by atoms with E-state index in [-0.39, 0.29) is 22.7 Å². The summed E-state index contributed by atoms with van der Waals surface area (Å²) in [6, 6.07) is 13.7. The molecule has 0 amide bonds. The molecule has 0 bridgehead atoms. The fraction of sp³-hybridized carbons (Fsp3) is 0.423. The van der Waals surface area contributed by atoms with Crippen LogP contribution in [0.1, 0.15) is 43.8 Å². The van der Waals surface area contributed by atoms with Crippen LogP contribution >= 0.6 is 11.8 Å². The number of nitrogens with zero attached hydrogens (tertiary/aromatic N) is 2. The summed E-state index contributed by atoms with van der Waals surface area (Å²) in [6.45, 7) is 13.4. The number of hydrogen-bond acceptors (Lipinski definition) is 10. The number of thioether (sulfide) groups is 1. The van der Waals surface area contributed by atoms with E-state index >= 15 is 0 Å². The molecule has 212 valence electrons. The fourth-order valence-electron chi connectivity index (χ4n) is 3.04. The van der Waals surface area contributed by atoms with E-state index in [4.69, 9.17) is 8.84 Å². The minimum atomic E-state index is -4.18. The number of benzene rings is 1. The third-order valence-electron chi connectivity index (χ3n) is 6.28. The standard InChI is InChI=1S/C26H36N4O6S2Si/c1-18(16-35-39(6,7)26(2,3)4)27-21-15-22(29-25(28-21)37-17-19-11-9-8-10-12-19)30-38(32,33)23-14-13-20(36-23)24(31)34-5/h8-15,18H,16-17H2,1-7H3,(H2,27,28,29,30). The van der Waals surface area contributed by atoms with Gasteiger partial charge in [0.25, 0.3) is 10.0 Å². The van der Waals surface area contributed by atoms with E-state index in [0.717, 1.165) is 5.56 Å². The summed E-state index contributed by atoms with van der Waals surface area (Å²) in [4.78, 5) is 20.7. The highest BCUT2D eigenvalue weighted by molar-refractivity contribution is 7.98. The van der Waals surface area contributed by atoms with Crippen molar-refractivity contribution in [2.45, 2.75) is 67.9 Å². The van der Waals surface area contributed by atoms with Crippen molar-refractivity contribution in [1.29, 1.82) is 0 Å². The van der Waals surface area contributed by atoms with E-state index in [1.807, 2.05) is 37.3 Å². The minimum absolute atomic E-state index is 0.0524. The molecule has 39 heavy (non-hydrogen) atoms. The number of ether oxygens (including phenoxy) is 1. The van der Waals surface area contributed by atoms with E-state index in [9.17, 15) is 13.2 Å². The van der Waals surface area contributed by atoms with Gasteiger partial charge in [-0.2, -0.15) is 8.42 Å². The zero-order valence-electron chi connectivity index (χ0n) is 23.3. The Balaban J connectivity index is 1.82. The molecular weight excluding hydrogens is 557 g/mol. The number of hydrogen-bond donors (Lipinski definition) is 2. The Bertz CT molecular complexity index is 1370. The predicted molar refractivity (Wildman–Crippen MR) is 155 cm³/mol. The SMILES string of the molecule is COC(=O)c1ccc(S(=O)(=O)Nc2cc(NC(C)CO[Si](C)(C)C(C)(C)C)nc(SCc3ccccc3)n2)o1. The van der Waals surface area contributed by atoms with Crippen LogP contribution in [0.15, 0.2) is 63.2 Å². The first-order chi connectivity index (χ1) is 18.2. The molecule has 0 radical (unpaired) electrons. The molecule has 0 fully saturated rings. The minimum Gasteiger partial charge on any atom is -0.463 e. The molecule has 0 aliphatic rings. The maximum Gasteiger partial charge on any atom is 0.374 e. The Hall–Kier alpha value is -2.87.